The van der Waals surface area contributed by atoms with Crippen LogP contribution in [0.1, 0.15) is 16.1 Å². The normalized spacial score (nSPS) is 11.4. The van der Waals surface area contributed by atoms with Crippen LogP contribution in [0.3, 0.4) is 0 Å². The molecule has 4 rings (SSSR count). The Balaban J connectivity index is 1.62. The Morgan fingerprint density at radius 1 is 1.19 bits per heavy atom. The van der Waals surface area contributed by atoms with E-state index in [4.69, 9.17) is 16.3 Å². The summed E-state index contributed by atoms with van der Waals surface area (Å²) in [6, 6.07) is 12.8. The summed E-state index contributed by atoms with van der Waals surface area (Å²) in [4.78, 5) is 17.0. The van der Waals surface area contributed by atoms with Crippen LogP contribution in [0.25, 0.3) is 16.9 Å². The van der Waals surface area contributed by atoms with E-state index in [9.17, 15) is 18.0 Å². The molecule has 6 nitrogen and oxygen atoms in total. The van der Waals surface area contributed by atoms with Gasteiger partial charge in [-0.25, -0.2) is 9.67 Å². The number of amides is 1. The lowest BCUT2D eigenvalue weighted by molar-refractivity contribution is -0.143. The smallest absolute Gasteiger partial charge is 0.434 e. The van der Waals surface area contributed by atoms with Gasteiger partial charge in [0.15, 0.2) is 10.8 Å². The number of carbonyl (C=O) groups is 1. The van der Waals surface area contributed by atoms with E-state index in [1.807, 2.05) is 0 Å². The van der Waals surface area contributed by atoms with Crippen molar-refractivity contribution in [1.82, 2.24) is 14.8 Å². The Hall–Kier alpha value is -3.37. The molecule has 0 bridgehead atoms. The van der Waals surface area contributed by atoms with Gasteiger partial charge in [-0.15, -0.1) is 11.3 Å². The average Bonchev–Trinajstić information content (AvgIpc) is 3.41. The van der Waals surface area contributed by atoms with Gasteiger partial charge in [0, 0.05) is 10.9 Å². The molecule has 0 spiro atoms. The number of anilines is 1. The molecule has 0 aliphatic heterocycles. The molecule has 2 aromatic heterocycles. The summed E-state index contributed by atoms with van der Waals surface area (Å²) in [6.45, 7) is 0. The van der Waals surface area contributed by atoms with Crippen molar-refractivity contribution < 1.29 is 22.7 Å². The third kappa shape index (κ3) is 4.32. The standard InChI is InChI=1S/C21H14ClF3N4O2S/c1-31-17-8-7-12(9-15(17)22)16-11-32-20(27-16)28-19(30)14-10-26-29(18(14)21(23,24)25)13-5-3-2-4-6-13/h2-11H,1H3,(H,27,28,30). The van der Waals surface area contributed by atoms with Crippen LogP contribution in [-0.4, -0.2) is 27.8 Å². The van der Waals surface area contributed by atoms with E-state index in [-0.39, 0.29) is 10.8 Å². The maximum Gasteiger partial charge on any atom is 0.434 e. The largest absolute Gasteiger partial charge is 0.495 e. The Morgan fingerprint density at radius 2 is 1.94 bits per heavy atom. The molecule has 0 aliphatic rings. The minimum atomic E-state index is -4.80. The van der Waals surface area contributed by atoms with Crippen LogP contribution in [0.15, 0.2) is 60.1 Å². The summed E-state index contributed by atoms with van der Waals surface area (Å²) >= 11 is 7.20. The third-order valence-electron chi connectivity index (χ3n) is 4.46. The first-order valence-corrected chi connectivity index (χ1v) is 10.3. The highest BCUT2D eigenvalue weighted by Gasteiger charge is 2.40. The van der Waals surface area contributed by atoms with E-state index >= 15 is 0 Å². The molecule has 0 saturated carbocycles. The molecule has 11 heteroatoms. The van der Waals surface area contributed by atoms with Gasteiger partial charge in [0.2, 0.25) is 0 Å². The molecule has 0 atom stereocenters. The van der Waals surface area contributed by atoms with Crippen molar-refractivity contribution in [1.29, 1.82) is 0 Å². The van der Waals surface area contributed by atoms with Gasteiger partial charge in [-0.05, 0) is 30.3 Å². The Kier molecular flexibility index (Phi) is 5.90. The fourth-order valence-electron chi connectivity index (χ4n) is 3.01. The molecule has 164 valence electrons. The van der Waals surface area contributed by atoms with Crippen molar-refractivity contribution in [3.8, 4) is 22.7 Å². The number of hydrogen-bond acceptors (Lipinski definition) is 5. The van der Waals surface area contributed by atoms with Gasteiger partial charge < -0.3 is 4.74 Å². The summed E-state index contributed by atoms with van der Waals surface area (Å²) in [5, 5.41) is 8.38. The Bertz CT molecular complexity index is 1270. The van der Waals surface area contributed by atoms with Crippen LogP contribution in [-0.2, 0) is 6.18 Å². The van der Waals surface area contributed by atoms with Crippen LogP contribution in [0.2, 0.25) is 5.02 Å². The molecule has 0 unspecified atom stereocenters. The summed E-state index contributed by atoms with van der Waals surface area (Å²) in [5.41, 5.74) is -0.413. The van der Waals surface area contributed by atoms with Crippen molar-refractivity contribution in [3.63, 3.8) is 0 Å². The molecule has 4 aromatic rings. The topological polar surface area (TPSA) is 69.0 Å². The number of nitrogens with zero attached hydrogens (tertiary/aromatic N) is 3. The van der Waals surface area contributed by atoms with Gasteiger partial charge in [0.1, 0.15) is 5.75 Å². The van der Waals surface area contributed by atoms with Gasteiger partial charge in [-0.2, -0.15) is 18.3 Å². The number of carbonyl (C=O) groups excluding carboxylic acids is 1. The first-order chi connectivity index (χ1) is 15.3. The van der Waals surface area contributed by atoms with E-state index in [2.05, 4.69) is 15.4 Å². The maximum absolute atomic E-state index is 13.8. The van der Waals surface area contributed by atoms with Gasteiger partial charge >= 0.3 is 6.18 Å². The molecule has 0 aliphatic carbocycles. The minimum Gasteiger partial charge on any atom is -0.495 e. The maximum atomic E-state index is 13.8. The van der Waals surface area contributed by atoms with Gasteiger partial charge in [-0.3, -0.25) is 10.1 Å². The van der Waals surface area contributed by atoms with E-state index < -0.39 is 23.3 Å². The summed E-state index contributed by atoms with van der Waals surface area (Å²) in [7, 11) is 1.49. The van der Waals surface area contributed by atoms with Crippen molar-refractivity contribution >= 4 is 34.0 Å². The molecule has 2 aromatic carbocycles. The molecule has 0 fully saturated rings. The number of ether oxygens (including phenoxy) is 1. The zero-order valence-electron chi connectivity index (χ0n) is 16.4. The number of hydrogen-bond donors (Lipinski definition) is 1. The number of para-hydroxylation sites is 1. The fraction of sp³-hybridized carbons (Fsp3) is 0.0952. The first-order valence-electron chi connectivity index (χ1n) is 9.09. The lowest BCUT2D eigenvalue weighted by Gasteiger charge is -2.12. The fourth-order valence-corrected chi connectivity index (χ4v) is 3.98. The molecule has 1 N–H and O–H groups in total. The molecule has 0 saturated heterocycles. The number of thiazole rings is 1. The van der Waals surface area contributed by atoms with Gasteiger partial charge in [0.05, 0.1) is 35.3 Å². The second-order valence-electron chi connectivity index (χ2n) is 6.49. The summed E-state index contributed by atoms with van der Waals surface area (Å²) in [6.07, 6.45) is -3.91. The van der Waals surface area contributed by atoms with E-state index in [0.29, 0.717) is 26.7 Å². The van der Waals surface area contributed by atoms with E-state index in [1.165, 1.54) is 19.2 Å². The lowest BCUT2D eigenvalue weighted by Crippen LogP contribution is -2.20. The molecule has 0 radical (unpaired) electrons. The Labute approximate surface area is 189 Å². The predicted octanol–water partition coefficient (Wildman–Crippen LogP) is 5.93. The number of nitrogens with one attached hydrogen (secondary N) is 1. The lowest BCUT2D eigenvalue weighted by atomic mass is 10.2. The number of halogens is 4. The van der Waals surface area contributed by atoms with Crippen molar-refractivity contribution in [3.05, 3.63) is 76.4 Å². The molecule has 2 heterocycles. The quantitative estimate of drug-likeness (QED) is 0.386. The molecular formula is C21H14ClF3N4O2S. The summed E-state index contributed by atoms with van der Waals surface area (Å²) < 4.78 is 47.1. The number of methoxy groups -OCH3 is 1. The second kappa shape index (κ2) is 8.64. The van der Waals surface area contributed by atoms with Crippen molar-refractivity contribution in [2.45, 2.75) is 6.18 Å². The first kappa shape index (κ1) is 21.8. The van der Waals surface area contributed by atoms with Gasteiger partial charge in [-0.1, -0.05) is 29.8 Å². The third-order valence-corrected chi connectivity index (χ3v) is 5.51. The zero-order valence-corrected chi connectivity index (χ0v) is 17.9. The monoisotopic (exact) mass is 478 g/mol. The number of alkyl halides is 3. The predicted molar refractivity (Wildman–Crippen MR) is 116 cm³/mol. The SMILES string of the molecule is COc1ccc(-c2csc(NC(=O)c3cnn(-c4ccccc4)c3C(F)(F)F)n2)cc1Cl. The van der Waals surface area contributed by atoms with Crippen molar-refractivity contribution in [2.24, 2.45) is 0 Å². The number of aromatic nitrogens is 3. The van der Waals surface area contributed by atoms with Crippen LogP contribution in [0.4, 0.5) is 18.3 Å². The molecule has 1 amide bonds. The number of rotatable bonds is 5. The van der Waals surface area contributed by atoms with Crippen LogP contribution in [0.5, 0.6) is 5.75 Å². The van der Waals surface area contributed by atoms with E-state index in [1.54, 1.807) is 41.8 Å². The van der Waals surface area contributed by atoms with Crippen molar-refractivity contribution in [2.75, 3.05) is 12.4 Å². The highest BCUT2D eigenvalue weighted by atomic mass is 35.5. The highest BCUT2D eigenvalue weighted by Crippen LogP contribution is 2.35. The van der Waals surface area contributed by atoms with Crippen LogP contribution in [0, 0.1) is 0 Å². The second-order valence-corrected chi connectivity index (χ2v) is 7.76. The van der Waals surface area contributed by atoms with Crippen LogP contribution >= 0.6 is 22.9 Å². The number of benzene rings is 2. The zero-order chi connectivity index (χ0) is 22.9. The van der Waals surface area contributed by atoms with E-state index in [0.717, 1.165) is 17.5 Å². The average molecular weight is 479 g/mol. The molecular weight excluding hydrogens is 465 g/mol. The Morgan fingerprint density at radius 3 is 2.59 bits per heavy atom. The minimum absolute atomic E-state index is 0.137. The summed E-state index contributed by atoms with van der Waals surface area (Å²) in [5.74, 6) is -0.470. The van der Waals surface area contributed by atoms with Crippen LogP contribution < -0.4 is 10.1 Å². The highest BCUT2D eigenvalue weighted by molar-refractivity contribution is 7.14. The molecule has 32 heavy (non-hydrogen) atoms. The van der Waals surface area contributed by atoms with Gasteiger partial charge in [0.25, 0.3) is 5.91 Å².